The van der Waals surface area contributed by atoms with E-state index >= 15 is 0 Å². The third-order valence-corrected chi connectivity index (χ3v) is 18.7. The number of aliphatic hydroxyl groups is 1. The number of hydrogen-bond acceptors (Lipinski definition) is 15. The van der Waals surface area contributed by atoms with Gasteiger partial charge in [0.05, 0.1) is 26.4 Å². The average molecular weight is 1400 g/mol. The molecular formula is C77H142O17P2. The first kappa shape index (κ1) is 93.0. The number of unbranched alkanes of at least 4 members (excludes halogenated alkanes) is 40. The fourth-order valence-electron chi connectivity index (χ4n) is 10.8. The zero-order valence-corrected chi connectivity index (χ0v) is 63.1. The van der Waals surface area contributed by atoms with Gasteiger partial charge in [-0.3, -0.25) is 37.3 Å². The molecule has 0 amide bonds. The molecule has 3 N–H and O–H groups in total. The second kappa shape index (κ2) is 70.5. The zero-order valence-electron chi connectivity index (χ0n) is 61.3. The van der Waals surface area contributed by atoms with Gasteiger partial charge < -0.3 is 33.8 Å². The summed E-state index contributed by atoms with van der Waals surface area (Å²) in [6.07, 6.45) is 66.6. The van der Waals surface area contributed by atoms with Gasteiger partial charge in [-0.1, -0.05) is 275 Å². The predicted molar refractivity (Wildman–Crippen MR) is 390 cm³/mol. The van der Waals surface area contributed by atoms with Gasteiger partial charge in [0.1, 0.15) is 19.3 Å². The lowest BCUT2D eigenvalue weighted by atomic mass is 10.0. The second-order valence-corrected chi connectivity index (χ2v) is 29.2. The molecule has 0 bridgehead atoms. The van der Waals surface area contributed by atoms with Crippen molar-refractivity contribution in [1.82, 2.24) is 0 Å². The van der Waals surface area contributed by atoms with E-state index in [4.69, 9.17) is 37.0 Å². The molecule has 5 atom stereocenters. The number of ether oxygens (including phenoxy) is 4. The Morgan fingerprint density at radius 3 is 0.812 bits per heavy atom. The molecule has 96 heavy (non-hydrogen) atoms. The first-order chi connectivity index (χ1) is 46.7. The van der Waals surface area contributed by atoms with Crippen LogP contribution in [0, 0.1) is 0 Å². The van der Waals surface area contributed by atoms with Crippen LogP contribution in [-0.2, 0) is 65.4 Å². The molecule has 2 unspecified atom stereocenters. The average Bonchev–Trinajstić information content (AvgIpc) is 1.17. The van der Waals surface area contributed by atoms with Crippen LogP contribution >= 0.6 is 15.6 Å². The molecule has 0 spiro atoms. The van der Waals surface area contributed by atoms with Gasteiger partial charge in [-0.25, -0.2) is 9.13 Å². The van der Waals surface area contributed by atoms with Gasteiger partial charge in [-0.15, -0.1) is 0 Å². The van der Waals surface area contributed by atoms with E-state index in [1.165, 1.54) is 135 Å². The summed E-state index contributed by atoms with van der Waals surface area (Å²) in [4.78, 5) is 72.8. The number of hydrogen-bond donors (Lipinski definition) is 3. The number of carbonyl (C=O) groups excluding carboxylic acids is 4. The van der Waals surface area contributed by atoms with E-state index < -0.39 is 97.5 Å². The molecular weight excluding hydrogens is 1260 g/mol. The quantitative estimate of drug-likeness (QED) is 0.0169. The van der Waals surface area contributed by atoms with Crippen molar-refractivity contribution in [2.45, 2.75) is 380 Å². The lowest BCUT2D eigenvalue weighted by Gasteiger charge is -2.21. The summed E-state index contributed by atoms with van der Waals surface area (Å²) in [6.45, 7) is 4.85. The Bertz CT molecular complexity index is 2010. The maximum absolute atomic E-state index is 13.1. The molecule has 0 saturated carbocycles. The van der Waals surface area contributed by atoms with E-state index in [0.717, 1.165) is 148 Å². The summed E-state index contributed by atoms with van der Waals surface area (Å²) in [5, 5.41) is 10.6. The topological polar surface area (TPSA) is 237 Å². The summed E-state index contributed by atoms with van der Waals surface area (Å²) in [5.41, 5.74) is 0. The summed E-state index contributed by atoms with van der Waals surface area (Å²) in [7, 11) is -9.94. The van der Waals surface area contributed by atoms with Gasteiger partial charge in [-0.05, 0) is 109 Å². The summed E-state index contributed by atoms with van der Waals surface area (Å²) in [5.74, 6) is -2.17. The van der Waals surface area contributed by atoms with Gasteiger partial charge >= 0.3 is 39.5 Å². The van der Waals surface area contributed by atoms with Crippen LogP contribution in [-0.4, -0.2) is 96.7 Å². The number of esters is 4. The van der Waals surface area contributed by atoms with Gasteiger partial charge in [0, 0.05) is 25.7 Å². The molecule has 0 rings (SSSR count). The molecule has 0 aromatic heterocycles. The van der Waals surface area contributed by atoms with Crippen molar-refractivity contribution in [1.29, 1.82) is 0 Å². The zero-order chi connectivity index (χ0) is 70.4. The van der Waals surface area contributed by atoms with Crippen LogP contribution in [0.2, 0.25) is 0 Å². The molecule has 19 heteroatoms. The van der Waals surface area contributed by atoms with Crippen LogP contribution in [0.5, 0.6) is 0 Å². The largest absolute Gasteiger partial charge is 0.472 e. The van der Waals surface area contributed by atoms with Crippen molar-refractivity contribution in [2.24, 2.45) is 0 Å². The smallest absolute Gasteiger partial charge is 0.462 e. The third-order valence-electron chi connectivity index (χ3n) is 16.8. The second-order valence-electron chi connectivity index (χ2n) is 26.3. The molecule has 0 heterocycles. The SMILES string of the molecule is CCCCC/C=C\C/C=C\CCCCCCCC(=O)OC[C@H](COP(=O)(O)OC[C@@H](O)COP(=O)(O)OC[C@@H](COC(=O)CCCCCCC/C=C\CCCCCC)OC(=O)CCCCCCCCCCCCCCCCC)OC(=O)CCCCCCC/C=C\CCCCCC. The van der Waals surface area contributed by atoms with Crippen molar-refractivity contribution in [3.8, 4) is 0 Å². The number of phosphoric acid groups is 2. The summed E-state index contributed by atoms with van der Waals surface area (Å²) < 4.78 is 68.5. The van der Waals surface area contributed by atoms with Gasteiger partial charge in [0.15, 0.2) is 12.2 Å². The van der Waals surface area contributed by atoms with Crippen LogP contribution < -0.4 is 0 Å². The Hall–Kier alpha value is -2.98. The summed E-state index contributed by atoms with van der Waals surface area (Å²) in [6, 6.07) is 0. The lowest BCUT2D eigenvalue weighted by Crippen LogP contribution is -2.30. The molecule has 0 saturated heterocycles. The minimum atomic E-state index is -4.97. The number of allylic oxidation sites excluding steroid dienone is 8. The van der Waals surface area contributed by atoms with E-state index in [1.807, 2.05) is 0 Å². The van der Waals surface area contributed by atoms with Crippen LogP contribution in [0.1, 0.15) is 362 Å². The van der Waals surface area contributed by atoms with E-state index in [9.17, 15) is 43.2 Å². The van der Waals surface area contributed by atoms with E-state index in [1.54, 1.807) is 0 Å². The van der Waals surface area contributed by atoms with E-state index in [2.05, 4.69) is 76.3 Å². The Morgan fingerprint density at radius 2 is 0.510 bits per heavy atom. The first-order valence-corrected chi connectivity index (χ1v) is 41.9. The molecule has 0 radical (unpaired) electrons. The number of rotatable bonds is 74. The minimum absolute atomic E-state index is 0.0864. The van der Waals surface area contributed by atoms with Crippen molar-refractivity contribution < 1.29 is 80.2 Å². The maximum atomic E-state index is 13.1. The van der Waals surface area contributed by atoms with Crippen molar-refractivity contribution in [3.63, 3.8) is 0 Å². The Balaban J connectivity index is 5.32. The van der Waals surface area contributed by atoms with Crippen LogP contribution in [0.4, 0.5) is 0 Å². The third kappa shape index (κ3) is 69.5. The number of carbonyl (C=O) groups is 4. The summed E-state index contributed by atoms with van der Waals surface area (Å²) >= 11 is 0. The van der Waals surface area contributed by atoms with Gasteiger partial charge in [0.25, 0.3) is 0 Å². The highest BCUT2D eigenvalue weighted by Crippen LogP contribution is 2.45. The Kier molecular flexibility index (Phi) is 68.3. The number of phosphoric ester groups is 2. The molecule has 0 fully saturated rings. The lowest BCUT2D eigenvalue weighted by molar-refractivity contribution is -0.161. The van der Waals surface area contributed by atoms with Crippen molar-refractivity contribution >= 4 is 39.5 Å². The van der Waals surface area contributed by atoms with Gasteiger partial charge in [0.2, 0.25) is 0 Å². The molecule has 562 valence electrons. The van der Waals surface area contributed by atoms with E-state index in [0.29, 0.717) is 25.7 Å². The fourth-order valence-corrected chi connectivity index (χ4v) is 12.3. The Labute approximate surface area is 585 Å². The first-order valence-electron chi connectivity index (χ1n) is 38.9. The predicted octanol–water partition coefficient (Wildman–Crippen LogP) is 22.1. The van der Waals surface area contributed by atoms with E-state index in [-0.39, 0.29) is 25.7 Å². The van der Waals surface area contributed by atoms with Gasteiger partial charge in [-0.2, -0.15) is 0 Å². The minimum Gasteiger partial charge on any atom is -0.462 e. The normalized spacial score (nSPS) is 14.2. The molecule has 0 aliphatic rings. The standard InChI is InChI=1S/C77H142O17P2/c1-5-9-13-17-21-25-29-33-35-39-42-46-50-54-58-62-75(80)88-68-72(93-76(81)63-59-55-51-47-43-38-32-28-24-20-16-12-8-4)69-91-95(83,84)89-65-71(78)66-90-96(85,86)92-70-73(67-87-74(79)61-57-53-49-45-41-37-31-27-23-19-15-11-7-3)94-77(82)64-60-56-52-48-44-40-36-34-30-26-22-18-14-10-6-2/h21,25,27-28,31-33,35,71-73,78H,5-20,22-24,26,29-30,34,36-70H2,1-4H3,(H,83,84)(H,85,86)/b25-21-,31-27-,32-28-,35-33-/t71-,72-,73-/m1/s1. The maximum Gasteiger partial charge on any atom is 0.472 e. The molecule has 0 aromatic rings. The van der Waals surface area contributed by atoms with Crippen molar-refractivity contribution in [2.75, 3.05) is 39.6 Å². The van der Waals surface area contributed by atoms with Crippen LogP contribution in [0.25, 0.3) is 0 Å². The molecule has 0 aliphatic heterocycles. The van der Waals surface area contributed by atoms with Crippen molar-refractivity contribution in [3.05, 3.63) is 48.6 Å². The van der Waals surface area contributed by atoms with Crippen LogP contribution in [0.15, 0.2) is 48.6 Å². The molecule has 0 aromatic carbocycles. The molecule has 0 aliphatic carbocycles. The highest BCUT2D eigenvalue weighted by molar-refractivity contribution is 7.47. The monoisotopic (exact) mass is 1400 g/mol. The fraction of sp³-hybridized carbons (Fsp3) is 0.844. The highest BCUT2D eigenvalue weighted by atomic mass is 31.2. The number of aliphatic hydroxyl groups excluding tert-OH is 1. The Morgan fingerprint density at radius 1 is 0.292 bits per heavy atom. The van der Waals surface area contributed by atoms with Crippen LogP contribution in [0.3, 0.4) is 0 Å². The molecule has 17 nitrogen and oxygen atoms in total. The highest BCUT2D eigenvalue weighted by Gasteiger charge is 2.30.